The highest BCUT2D eigenvalue weighted by molar-refractivity contribution is 6.34. The largest absolute Gasteiger partial charge is 0.494 e. The van der Waals surface area contributed by atoms with Gasteiger partial charge in [0, 0.05) is 17.8 Å². The summed E-state index contributed by atoms with van der Waals surface area (Å²) in [4.78, 5) is 22.4. The standard InChI is InChI=1S/C18H19ClN2O4/c1-2-3-4-11-25-15-8-5-13(6-9-15)20-18(22)16-10-7-14(21(23)24)12-17(16)19/h5-10,12H,2-4,11H2,1H3,(H,20,22). The Balaban J connectivity index is 1.97. The topological polar surface area (TPSA) is 81.5 Å². The van der Waals surface area contributed by atoms with Crippen LogP contribution in [0.3, 0.4) is 0 Å². The molecule has 0 fully saturated rings. The number of nitro benzene ring substituents is 1. The maximum atomic E-state index is 12.2. The minimum Gasteiger partial charge on any atom is -0.494 e. The molecule has 6 nitrogen and oxygen atoms in total. The van der Waals surface area contributed by atoms with Gasteiger partial charge in [-0.15, -0.1) is 0 Å². The third kappa shape index (κ3) is 5.46. The molecule has 0 heterocycles. The molecule has 1 amide bonds. The van der Waals surface area contributed by atoms with E-state index < -0.39 is 10.8 Å². The number of ether oxygens (including phenoxy) is 1. The second kappa shape index (κ2) is 9.03. The Bertz CT molecular complexity index is 747. The lowest BCUT2D eigenvalue weighted by Crippen LogP contribution is -2.12. The van der Waals surface area contributed by atoms with Crippen LogP contribution in [0.1, 0.15) is 36.5 Å². The van der Waals surface area contributed by atoms with Gasteiger partial charge in [-0.2, -0.15) is 0 Å². The second-order valence-corrected chi connectivity index (χ2v) is 5.86. The number of benzene rings is 2. The zero-order valence-electron chi connectivity index (χ0n) is 13.8. The number of carbonyl (C=O) groups is 1. The van der Waals surface area contributed by atoms with Gasteiger partial charge in [-0.25, -0.2) is 0 Å². The molecule has 2 rings (SSSR count). The molecular weight excluding hydrogens is 344 g/mol. The second-order valence-electron chi connectivity index (χ2n) is 5.46. The first kappa shape index (κ1) is 18.7. The van der Waals surface area contributed by atoms with Gasteiger partial charge in [0.2, 0.25) is 0 Å². The molecular formula is C18H19ClN2O4. The lowest BCUT2D eigenvalue weighted by Gasteiger charge is -2.09. The summed E-state index contributed by atoms with van der Waals surface area (Å²) in [7, 11) is 0. The minimum atomic E-state index is -0.563. The predicted molar refractivity (Wildman–Crippen MR) is 97.5 cm³/mol. The lowest BCUT2D eigenvalue weighted by molar-refractivity contribution is -0.384. The quantitative estimate of drug-likeness (QED) is 0.404. The third-order valence-electron chi connectivity index (χ3n) is 3.54. The summed E-state index contributed by atoms with van der Waals surface area (Å²) in [5.74, 6) is 0.305. The smallest absolute Gasteiger partial charge is 0.270 e. The molecule has 0 aliphatic rings. The minimum absolute atomic E-state index is 0.0302. The molecule has 132 valence electrons. The van der Waals surface area contributed by atoms with Crippen LogP contribution in [0.5, 0.6) is 5.75 Å². The molecule has 0 spiro atoms. The molecule has 0 atom stereocenters. The van der Waals surface area contributed by atoms with Crippen molar-refractivity contribution in [2.75, 3.05) is 11.9 Å². The van der Waals surface area contributed by atoms with Gasteiger partial charge in [0.05, 0.1) is 22.1 Å². The number of anilines is 1. The highest BCUT2D eigenvalue weighted by atomic mass is 35.5. The van der Waals surface area contributed by atoms with E-state index in [1.165, 1.54) is 12.1 Å². The van der Waals surface area contributed by atoms with Crippen molar-refractivity contribution in [3.05, 3.63) is 63.2 Å². The van der Waals surface area contributed by atoms with Crippen molar-refractivity contribution in [1.29, 1.82) is 0 Å². The van der Waals surface area contributed by atoms with Gasteiger partial charge in [0.15, 0.2) is 0 Å². The van der Waals surface area contributed by atoms with Crippen molar-refractivity contribution in [2.24, 2.45) is 0 Å². The first-order chi connectivity index (χ1) is 12.0. The molecule has 25 heavy (non-hydrogen) atoms. The Morgan fingerprint density at radius 1 is 1.20 bits per heavy atom. The maximum absolute atomic E-state index is 12.2. The fourth-order valence-electron chi connectivity index (χ4n) is 2.18. The van der Waals surface area contributed by atoms with Gasteiger partial charge < -0.3 is 10.1 Å². The SMILES string of the molecule is CCCCCOc1ccc(NC(=O)c2ccc([N+](=O)[O-])cc2Cl)cc1. The van der Waals surface area contributed by atoms with E-state index in [1.807, 2.05) is 0 Å². The molecule has 0 radical (unpaired) electrons. The van der Waals surface area contributed by atoms with Crippen molar-refractivity contribution in [3.8, 4) is 5.75 Å². The van der Waals surface area contributed by atoms with Gasteiger partial charge in [0.1, 0.15) is 5.75 Å². The number of halogens is 1. The Kier molecular flexibility index (Phi) is 6.77. The molecule has 2 aromatic rings. The number of unbranched alkanes of at least 4 members (excludes halogenated alkanes) is 2. The molecule has 0 saturated heterocycles. The fourth-order valence-corrected chi connectivity index (χ4v) is 2.44. The van der Waals surface area contributed by atoms with Crippen molar-refractivity contribution in [3.63, 3.8) is 0 Å². The van der Waals surface area contributed by atoms with Crippen LogP contribution < -0.4 is 10.1 Å². The average molecular weight is 363 g/mol. The molecule has 0 saturated carbocycles. The molecule has 0 bridgehead atoms. The van der Waals surface area contributed by atoms with Gasteiger partial charge in [0.25, 0.3) is 11.6 Å². The van der Waals surface area contributed by atoms with E-state index in [2.05, 4.69) is 12.2 Å². The van der Waals surface area contributed by atoms with Gasteiger partial charge in [-0.1, -0.05) is 31.4 Å². The van der Waals surface area contributed by atoms with Crippen LogP contribution in [0.4, 0.5) is 11.4 Å². The number of hydrogen-bond acceptors (Lipinski definition) is 4. The van der Waals surface area contributed by atoms with Crippen molar-refractivity contribution in [1.82, 2.24) is 0 Å². The van der Waals surface area contributed by atoms with E-state index in [0.717, 1.165) is 31.1 Å². The van der Waals surface area contributed by atoms with Gasteiger partial charge >= 0.3 is 0 Å². The molecule has 0 aliphatic heterocycles. The Morgan fingerprint density at radius 2 is 1.92 bits per heavy atom. The average Bonchev–Trinajstić information content (AvgIpc) is 2.59. The summed E-state index contributed by atoms with van der Waals surface area (Å²) < 4.78 is 5.61. The molecule has 0 aromatic heterocycles. The van der Waals surface area contributed by atoms with E-state index in [0.29, 0.717) is 12.3 Å². The molecule has 2 aromatic carbocycles. The van der Waals surface area contributed by atoms with E-state index in [-0.39, 0.29) is 16.3 Å². The van der Waals surface area contributed by atoms with E-state index in [1.54, 1.807) is 24.3 Å². The summed E-state index contributed by atoms with van der Waals surface area (Å²) in [6, 6.07) is 10.7. The summed E-state index contributed by atoms with van der Waals surface area (Å²) in [5, 5.41) is 13.4. The third-order valence-corrected chi connectivity index (χ3v) is 3.85. The van der Waals surface area contributed by atoms with Crippen LogP contribution in [0, 0.1) is 10.1 Å². The van der Waals surface area contributed by atoms with E-state index in [9.17, 15) is 14.9 Å². The summed E-state index contributed by atoms with van der Waals surface area (Å²) in [6.45, 7) is 2.80. The fraction of sp³-hybridized carbons (Fsp3) is 0.278. The molecule has 0 aliphatic carbocycles. The van der Waals surface area contributed by atoms with Gasteiger partial charge in [-0.05, 0) is 36.8 Å². The van der Waals surface area contributed by atoms with Crippen molar-refractivity contribution >= 4 is 28.9 Å². The highest BCUT2D eigenvalue weighted by Gasteiger charge is 2.15. The van der Waals surface area contributed by atoms with Gasteiger partial charge in [-0.3, -0.25) is 14.9 Å². The first-order valence-corrected chi connectivity index (χ1v) is 8.37. The van der Waals surface area contributed by atoms with Crippen LogP contribution in [0.15, 0.2) is 42.5 Å². The number of nitrogens with zero attached hydrogens (tertiary/aromatic N) is 1. The number of non-ortho nitro benzene ring substituents is 1. The monoisotopic (exact) mass is 362 g/mol. The van der Waals surface area contributed by atoms with Crippen LogP contribution in [-0.4, -0.2) is 17.4 Å². The number of hydrogen-bond donors (Lipinski definition) is 1. The number of nitrogens with one attached hydrogen (secondary N) is 1. The molecule has 0 unspecified atom stereocenters. The predicted octanol–water partition coefficient (Wildman–Crippen LogP) is 5.07. The van der Waals surface area contributed by atoms with Crippen LogP contribution in [0.25, 0.3) is 0 Å². The lowest BCUT2D eigenvalue weighted by atomic mass is 10.2. The first-order valence-electron chi connectivity index (χ1n) is 7.99. The van der Waals surface area contributed by atoms with E-state index in [4.69, 9.17) is 16.3 Å². The zero-order valence-corrected chi connectivity index (χ0v) is 14.6. The Labute approximate surface area is 150 Å². The Morgan fingerprint density at radius 3 is 2.52 bits per heavy atom. The highest BCUT2D eigenvalue weighted by Crippen LogP contribution is 2.24. The van der Waals surface area contributed by atoms with Crippen LogP contribution >= 0.6 is 11.6 Å². The summed E-state index contributed by atoms with van der Waals surface area (Å²) >= 11 is 5.96. The number of amides is 1. The number of rotatable bonds is 8. The van der Waals surface area contributed by atoms with Crippen LogP contribution in [-0.2, 0) is 0 Å². The van der Waals surface area contributed by atoms with E-state index >= 15 is 0 Å². The summed E-state index contributed by atoms with van der Waals surface area (Å²) in [5.41, 5.74) is 0.596. The zero-order chi connectivity index (χ0) is 18.2. The normalized spacial score (nSPS) is 10.3. The summed E-state index contributed by atoms with van der Waals surface area (Å²) in [6.07, 6.45) is 3.28. The molecule has 1 N–H and O–H groups in total. The van der Waals surface area contributed by atoms with Crippen molar-refractivity contribution < 1.29 is 14.5 Å². The molecule has 7 heteroatoms. The van der Waals surface area contributed by atoms with Crippen LogP contribution in [0.2, 0.25) is 5.02 Å². The number of carbonyl (C=O) groups excluding carboxylic acids is 1. The number of nitro groups is 1. The Hall–Kier alpha value is -2.60. The van der Waals surface area contributed by atoms with Crippen molar-refractivity contribution in [2.45, 2.75) is 26.2 Å². The maximum Gasteiger partial charge on any atom is 0.270 e.